The maximum atomic E-state index is 14.0. The summed E-state index contributed by atoms with van der Waals surface area (Å²) < 4.78 is 0. The van der Waals surface area contributed by atoms with Gasteiger partial charge in [0.1, 0.15) is 6.04 Å². The summed E-state index contributed by atoms with van der Waals surface area (Å²) in [6.45, 7) is 0. The Hall–Kier alpha value is -5.22. The molecule has 0 aromatic heterocycles. The summed E-state index contributed by atoms with van der Waals surface area (Å²) in [5, 5.41) is 17.3. The zero-order chi connectivity index (χ0) is 28.9. The van der Waals surface area contributed by atoms with Gasteiger partial charge in [-0.15, -0.1) is 0 Å². The maximum Gasteiger partial charge on any atom is 0.326 e. The number of carboxylic acids is 1. The second kappa shape index (κ2) is 11.7. The minimum absolute atomic E-state index is 0.0467. The van der Waals surface area contributed by atoms with Gasteiger partial charge in [0.05, 0.1) is 5.41 Å². The van der Waals surface area contributed by atoms with Crippen molar-refractivity contribution in [1.82, 2.24) is 5.32 Å². The van der Waals surface area contributed by atoms with Gasteiger partial charge in [-0.25, -0.2) is 4.79 Å². The van der Waals surface area contributed by atoms with Gasteiger partial charge in [-0.1, -0.05) is 140 Å². The average Bonchev–Trinajstić information content (AvgIpc) is 3.04. The van der Waals surface area contributed by atoms with E-state index in [4.69, 9.17) is 0 Å². The third kappa shape index (κ3) is 5.15. The Labute approximate surface area is 245 Å². The van der Waals surface area contributed by atoms with Gasteiger partial charge in [-0.05, 0) is 49.9 Å². The van der Waals surface area contributed by atoms with E-state index in [2.05, 4.69) is 11.4 Å². The van der Waals surface area contributed by atoms with E-state index in [1.54, 1.807) is 0 Å². The number of amides is 1. The molecule has 1 atom stereocenters. The summed E-state index contributed by atoms with van der Waals surface area (Å²) in [6.07, 6.45) is 0.211. The van der Waals surface area contributed by atoms with Crippen LogP contribution in [0.2, 0.25) is 0 Å². The quantitative estimate of drug-likeness (QED) is 0.145. The molecule has 206 valence electrons. The molecule has 0 aliphatic heterocycles. The van der Waals surface area contributed by atoms with Gasteiger partial charge < -0.3 is 10.4 Å². The molecular formula is C38H31NO3. The van der Waals surface area contributed by atoms with Crippen LogP contribution in [0.3, 0.4) is 0 Å². The Morgan fingerprint density at radius 1 is 0.595 bits per heavy atom. The van der Waals surface area contributed by atoms with Crippen molar-refractivity contribution in [3.05, 3.63) is 168 Å². The van der Waals surface area contributed by atoms with Crippen LogP contribution in [0.5, 0.6) is 0 Å². The first-order valence-corrected chi connectivity index (χ1v) is 14.1. The minimum atomic E-state index is -1.10. The fraction of sp³-hybridized carbons (Fsp3) is 0.105. The van der Waals surface area contributed by atoms with E-state index < -0.39 is 17.4 Å². The highest BCUT2D eigenvalue weighted by Crippen LogP contribution is 2.42. The van der Waals surface area contributed by atoms with Crippen LogP contribution in [-0.4, -0.2) is 23.0 Å². The van der Waals surface area contributed by atoms with Gasteiger partial charge in [0.2, 0.25) is 5.91 Å². The first-order chi connectivity index (χ1) is 20.6. The number of benzene rings is 6. The number of carbonyl (C=O) groups is 2. The van der Waals surface area contributed by atoms with Crippen LogP contribution in [0, 0.1) is 0 Å². The number of carbonyl (C=O) groups excluding carboxylic acids is 1. The molecule has 6 aromatic carbocycles. The molecule has 0 aliphatic carbocycles. The van der Waals surface area contributed by atoms with Crippen LogP contribution in [0.1, 0.15) is 28.7 Å². The largest absolute Gasteiger partial charge is 0.480 e. The molecule has 0 saturated heterocycles. The number of fused-ring (bicyclic) bond motifs is 2. The highest BCUT2D eigenvalue weighted by Gasteiger charge is 2.39. The lowest BCUT2D eigenvalue weighted by Crippen LogP contribution is -2.45. The van der Waals surface area contributed by atoms with Crippen molar-refractivity contribution in [2.24, 2.45) is 0 Å². The second-order valence-electron chi connectivity index (χ2n) is 10.6. The van der Waals surface area contributed by atoms with E-state index in [0.29, 0.717) is 0 Å². The zero-order valence-corrected chi connectivity index (χ0v) is 23.1. The molecule has 42 heavy (non-hydrogen) atoms. The summed E-state index contributed by atoms with van der Waals surface area (Å²) >= 11 is 0. The second-order valence-corrected chi connectivity index (χ2v) is 10.6. The van der Waals surface area contributed by atoms with Gasteiger partial charge in [-0.2, -0.15) is 0 Å². The third-order valence-electron chi connectivity index (χ3n) is 8.15. The number of nitrogens with one attached hydrogen (secondary N) is 1. The third-order valence-corrected chi connectivity index (χ3v) is 8.15. The Morgan fingerprint density at radius 2 is 1.00 bits per heavy atom. The lowest BCUT2D eigenvalue weighted by molar-refractivity contribution is -0.141. The Morgan fingerprint density at radius 3 is 1.43 bits per heavy atom. The molecule has 0 unspecified atom stereocenters. The van der Waals surface area contributed by atoms with E-state index in [9.17, 15) is 14.7 Å². The lowest BCUT2D eigenvalue weighted by atomic mass is 9.67. The van der Waals surface area contributed by atoms with Crippen molar-refractivity contribution in [2.75, 3.05) is 0 Å². The SMILES string of the molecule is O=C(CC(c1ccccc1)(c1ccccc1)c1ccccc1)N[C@@H](Cc1c2ccccc2cc2ccccc12)C(=O)O. The molecule has 2 N–H and O–H groups in total. The fourth-order valence-electron chi connectivity index (χ4n) is 6.19. The van der Waals surface area contributed by atoms with Gasteiger partial charge in [-0.3, -0.25) is 4.79 Å². The molecule has 4 nitrogen and oxygen atoms in total. The normalized spacial score (nSPS) is 12.2. The lowest BCUT2D eigenvalue weighted by Gasteiger charge is -2.36. The molecule has 0 aliphatic rings. The molecule has 0 bridgehead atoms. The monoisotopic (exact) mass is 549 g/mol. The van der Waals surface area contributed by atoms with E-state index in [-0.39, 0.29) is 18.7 Å². The number of rotatable bonds is 9. The number of hydrogen-bond acceptors (Lipinski definition) is 2. The highest BCUT2D eigenvalue weighted by molar-refractivity contribution is 6.02. The molecule has 6 rings (SSSR count). The van der Waals surface area contributed by atoms with E-state index >= 15 is 0 Å². The molecule has 6 aromatic rings. The topological polar surface area (TPSA) is 66.4 Å². The molecule has 0 saturated carbocycles. The summed E-state index contributed by atoms with van der Waals surface area (Å²) in [5.74, 6) is -1.39. The van der Waals surface area contributed by atoms with E-state index in [1.165, 1.54) is 0 Å². The number of aliphatic carboxylic acids is 1. The van der Waals surface area contributed by atoms with Crippen LogP contribution in [0.4, 0.5) is 0 Å². The summed E-state index contributed by atoms with van der Waals surface area (Å²) in [4.78, 5) is 26.7. The first kappa shape index (κ1) is 27.0. The number of hydrogen-bond donors (Lipinski definition) is 2. The molecule has 0 radical (unpaired) electrons. The molecule has 0 spiro atoms. The van der Waals surface area contributed by atoms with Crippen LogP contribution >= 0.6 is 0 Å². The van der Waals surface area contributed by atoms with Crippen molar-refractivity contribution in [1.29, 1.82) is 0 Å². The molecule has 0 heterocycles. The fourth-order valence-corrected chi connectivity index (χ4v) is 6.19. The van der Waals surface area contributed by atoms with Crippen molar-refractivity contribution in [3.8, 4) is 0 Å². The average molecular weight is 550 g/mol. The van der Waals surface area contributed by atoms with E-state index in [0.717, 1.165) is 43.8 Å². The smallest absolute Gasteiger partial charge is 0.326 e. The van der Waals surface area contributed by atoms with Gasteiger partial charge in [0.15, 0.2) is 0 Å². The van der Waals surface area contributed by atoms with Crippen LogP contribution in [0.25, 0.3) is 21.5 Å². The van der Waals surface area contributed by atoms with Gasteiger partial charge >= 0.3 is 5.97 Å². The predicted octanol–water partition coefficient (Wildman–Crippen LogP) is 7.53. The number of carboxylic acid groups (broad SMARTS) is 1. The molecular weight excluding hydrogens is 518 g/mol. The zero-order valence-electron chi connectivity index (χ0n) is 23.1. The highest BCUT2D eigenvalue weighted by atomic mass is 16.4. The van der Waals surface area contributed by atoms with Gasteiger partial charge in [0.25, 0.3) is 0 Å². The molecule has 1 amide bonds. The van der Waals surface area contributed by atoms with Crippen molar-refractivity contribution in [3.63, 3.8) is 0 Å². The van der Waals surface area contributed by atoms with Crippen molar-refractivity contribution in [2.45, 2.75) is 24.3 Å². The predicted molar refractivity (Wildman–Crippen MR) is 169 cm³/mol. The van der Waals surface area contributed by atoms with Crippen LogP contribution in [-0.2, 0) is 21.4 Å². The molecule has 4 heteroatoms. The summed E-state index contributed by atoms with van der Waals surface area (Å²) in [5.41, 5.74) is 2.98. The summed E-state index contributed by atoms with van der Waals surface area (Å²) in [6, 6.07) is 46.9. The van der Waals surface area contributed by atoms with E-state index in [1.807, 2.05) is 140 Å². The van der Waals surface area contributed by atoms with Crippen molar-refractivity contribution < 1.29 is 14.7 Å². The summed E-state index contributed by atoms with van der Waals surface area (Å²) in [7, 11) is 0. The molecule has 0 fully saturated rings. The first-order valence-electron chi connectivity index (χ1n) is 14.1. The maximum absolute atomic E-state index is 14.0. The Bertz CT molecular complexity index is 1700. The Balaban J connectivity index is 1.40. The van der Waals surface area contributed by atoms with Gasteiger partial charge in [0, 0.05) is 12.8 Å². The van der Waals surface area contributed by atoms with Crippen molar-refractivity contribution >= 4 is 33.4 Å². The van der Waals surface area contributed by atoms with Crippen LogP contribution in [0.15, 0.2) is 146 Å². The standard InChI is InChI=1S/C38H31NO3/c40-36(26-38(29-16-4-1-5-17-29,30-18-6-2-7-19-30)31-20-8-3-9-21-31)39-35(37(41)42)25-34-32-22-12-10-14-27(32)24-28-15-11-13-23-33(28)34/h1-24,35H,25-26H2,(H,39,40)(H,41,42)/t35-/m0/s1. The van der Waals surface area contributed by atoms with Crippen LogP contribution < -0.4 is 5.32 Å². The minimum Gasteiger partial charge on any atom is -0.480 e. The Kier molecular flexibility index (Phi) is 7.52.